The van der Waals surface area contributed by atoms with E-state index in [2.05, 4.69) is 29.1 Å². The fourth-order valence-electron chi connectivity index (χ4n) is 2.29. The molecule has 128 valence electrons. The molecule has 1 amide bonds. The zero-order chi connectivity index (χ0) is 17.9. The highest BCUT2D eigenvalue weighted by atomic mass is 32.2. The highest BCUT2D eigenvalue weighted by molar-refractivity contribution is 8.00. The first-order chi connectivity index (χ1) is 11.3. The molecule has 0 aliphatic rings. The van der Waals surface area contributed by atoms with Crippen LogP contribution in [0.4, 0.5) is 17.3 Å². The second-order valence-electron chi connectivity index (χ2n) is 5.94. The van der Waals surface area contributed by atoms with Gasteiger partial charge in [0, 0.05) is 11.8 Å². The number of nitrogens with zero attached hydrogens (tertiary/aromatic N) is 2. The van der Waals surface area contributed by atoms with Crippen LogP contribution in [0.3, 0.4) is 0 Å². The van der Waals surface area contributed by atoms with Crippen LogP contribution in [0.15, 0.2) is 29.4 Å². The average Bonchev–Trinajstić information content (AvgIpc) is 2.47. The Morgan fingerprint density at radius 1 is 1.17 bits per heavy atom. The number of carbonyl (C=O) groups is 1. The van der Waals surface area contributed by atoms with Gasteiger partial charge in [-0.1, -0.05) is 43.8 Å². The van der Waals surface area contributed by atoms with Crippen LogP contribution >= 0.6 is 11.8 Å². The molecule has 5 N–H and O–H groups in total. The van der Waals surface area contributed by atoms with Gasteiger partial charge in [0.25, 0.3) is 0 Å². The Bertz CT molecular complexity index is 728. The topological polar surface area (TPSA) is 107 Å². The molecule has 0 aliphatic heterocycles. The molecule has 0 fully saturated rings. The molecule has 1 atom stereocenters. The second-order valence-corrected chi connectivity index (χ2v) is 7.25. The zero-order valence-corrected chi connectivity index (χ0v) is 15.1. The number of carbonyl (C=O) groups excluding carboxylic acids is 1. The molecule has 24 heavy (non-hydrogen) atoms. The van der Waals surface area contributed by atoms with Crippen LogP contribution in [-0.2, 0) is 4.79 Å². The van der Waals surface area contributed by atoms with Gasteiger partial charge in [-0.05, 0) is 30.9 Å². The molecule has 0 unspecified atom stereocenters. The van der Waals surface area contributed by atoms with Crippen molar-refractivity contribution in [1.82, 2.24) is 9.97 Å². The molecule has 6 nitrogen and oxygen atoms in total. The number of nitrogens with one attached hydrogen (secondary N) is 1. The third-order valence-corrected chi connectivity index (χ3v) is 4.53. The number of rotatable bonds is 5. The quantitative estimate of drug-likeness (QED) is 0.567. The number of aryl methyl sites for hydroxylation is 1. The van der Waals surface area contributed by atoms with E-state index in [1.807, 2.05) is 25.1 Å². The maximum Gasteiger partial charge on any atom is 0.237 e. The lowest BCUT2D eigenvalue weighted by atomic mass is 9.98. The summed E-state index contributed by atoms with van der Waals surface area (Å²) in [4.78, 5) is 20.8. The Labute approximate surface area is 146 Å². The smallest absolute Gasteiger partial charge is 0.237 e. The Balaban J connectivity index is 2.15. The summed E-state index contributed by atoms with van der Waals surface area (Å²) < 4.78 is 0. The van der Waals surface area contributed by atoms with Crippen LogP contribution in [0.5, 0.6) is 0 Å². The molecule has 0 radical (unpaired) electrons. The van der Waals surface area contributed by atoms with E-state index < -0.39 is 0 Å². The summed E-state index contributed by atoms with van der Waals surface area (Å²) >= 11 is 1.23. The van der Waals surface area contributed by atoms with E-state index in [0.29, 0.717) is 22.7 Å². The monoisotopic (exact) mass is 345 g/mol. The van der Waals surface area contributed by atoms with Crippen molar-refractivity contribution in [2.24, 2.45) is 0 Å². The van der Waals surface area contributed by atoms with Crippen molar-refractivity contribution in [3.05, 3.63) is 35.4 Å². The van der Waals surface area contributed by atoms with Crippen molar-refractivity contribution in [1.29, 1.82) is 0 Å². The lowest BCUT2D eigenvalue weighted by Gasteiger charge is -2.18. The highest BCUT2D eigenvalue weighted by Gasteiger charge is 2.19. The van der Waals surface area contributed by atoms with E-state index >= 15 is 0 Å². The molecule has 7 heteroatoms. The number of anilines is 3. The fourth-order valence-corrected chi connectivity index (χ4v) is 3.09. The average molecular weight is 345 g/mol. The largest absolute Gasteiger partial charge is 0.383 e. The van der Waals surface area contributed by atoms with Crippen LogP contribution in [0.2, 0.25) is 0 Å². The number of amides is 1. The molecule has 0 saturated heterocycles. The number of benzene rings is 1. The fraction of sp³-hybridized carbons (Fsp3) is 0.353. The van der Waals surface area contributed by atoms with Gasteiger partial charge in [-0.25, -0.2) is 9.97 Å². The maximum atomic E-state index is 12.6. The molecule has 0 saturated carbocycles. The molecule has 0 spiro atoms. The molecule has 2 rings (SSSR count). The first-order valence-electron chi connectivity index (χ1n) is 7.75. The van der Waals surface area contributed by atoms with Crippen molar-refractivity contribution in [3.63, 3.8) is 0 Å². The second kappa shape index (κ2) is 7.53. The number of nitrogen functional groups attached to an aromatic ring is 2. The van der Waals surface area contributed by atoms with Crippen molar-refractivity contribution < 1.29 is 4.79 Å². The molecular weight excluding hydrogens is 322 g/mol. The van der Waals surface area contributed by atoms with Crippen molar-refractivity contribution in [2.45, 2.75) is 44.0 Å². The summed E-state index contributed by atoms with van der Waals surface area (Å²) in [6, 6.07) is 7.51. The summed E-state index contributed by atoms with van der Waals surface area (Å²) in [6.45, 7) is 8.00. The minimum absolute atomic E-state index is 0.110. The van der Waals surface area contributed by atoms with Gasteiger partial charge in [-0.15, -0.1) is 0 Å². The molecule has 1 aromatic carbocycles. The standard InChI is InChI=1S/C17H23N5OS/c1-9(2)12-7-5-6-10(3)15(12)22-16(23)11(4)24-17-20-13(18)8-14(19)21-17/h5-9,11H,1-4H3,(H,22,23)(H4,18,19,20,21)/t11-/m0/s1. The van der Waals surface area contributed by atoms with Crippen LogP contribution < -0.4 is 16.8 Å². The number of hydrogen-bond donors (Lipinski definition) is 3. The Kier molecular flexibility index (Phi) is 5.66. The van der Waals surface area contributed by atoms with Crippen LogP contribution in [0.1, 0.15) is 37.8 Å². The third-order valence-electron chi connectivity index (χ3n) is 3.57. The van der Waals surface area contributed by atoms with E-state index in [9.17, 15) is 4.79 Å². The summed E-state index contributed by atoms with van der Waals surface area (Å²) in [5, 5.41) is 3.04. The zero-order valence-electron chi connectivity index (χ0n) is 14.3. The molecule has 0 aliphatic carbocycles. The van der Waals surface area contributed by atoms with Gasteiger partial charge in [0.2, 0.25) is 5.91 Å². The summed E-state index contributed by atoms with van der Waals surface area (Å²) in [5.41, 5.74) is 14.4. The summed E-state index contributed by atoms with van der Waals surface area (Å²) in [5.74, 6) is 0.790. The normalized spacial score (nSPS) is 12.2. The molecular formula is C17H23N5OS. The molecule has 1 aromatic heterocycles. The van der Waals surface area contributed by atoms with E-state index in [-0.39, 0.29) is 11.2 Å². The summed E-state index contributed by atoms with van der Waals surface area (Å²) in [7, 11) is 0. The first kappa shape index (κ1) is 18.1. The number of aromatic nitrogens is 2. The lowest BCUT2D eigenvalue weighted by molar-refractivity contribution is -0.115. The Morgan fingerprint density at radius 2 is 1.79 bits per heavy atom. The van der Waals surface area contributed by atoms with Crippen LogP contribution in [0, 0.1) is 6.92 Å². The van der Waals surface area contributed by atoms with Gasteiger partial charge in [0.15, 0.2) is 5.16 Å². The predicted molar refractivity (Wildman–Crippen MR) is 100 cm³/mol. The summed E-state index contributed by atoms with van der Waals surface area (Å²) in [6.07, 6.45) is 0. The highest BCUT2D eigenvalue weighted by Crippen LogP contribution is 2.29. The van der Waals surface area contributed by atoms with E-state index in [4.69, 9.17) is 11.5 Å². The number of hydrogen-bond acceptors (Lipinski definition) is 6. The van der Waals surface area contributed by atoms with Gasteiger partial charge in [0.1, 0.15) is 11.6 Å². The number of thioether (sulfide) groups is 1. The minimum atomic E-state index is -0.384. The SMILES string of the molecule is Cc1cccc(C(C)C)c1NC(=O)[C@H](C)Sc1nc(N)cc(N)n1. The van der Waals surface area contributed by atoms with Crippen molar-refractivity contribution >= 4 is 35.0 Å². The third kappa shape index (κ3) is 4.38. The van der Waals surface area contributed by atoms with Gasteiger partial charge in [0.05, 0.1) is 5.25 Å². The van der Waals surface area contributed by atoms with Crippen molar-refractivity contribution in [3.8, 4) is 0 Å². The van der Waals surface area contributed by atoms with E-state index in [1.165, 1.54) is 17.8 Å². The molecule has 2 aromatic rings. The maximum absolute atomic E-state index is 12.6. The van der Waals surface area contributed by atoms with Crippen molar-refractivity contribution in [2.75, 3.05) is 16.8 Å². The Hall–Kier alpha value is -2.28. The lowest BCUT2D eigenvalue weighted by Crippen LogP contribution is -2.24. The first-order valence-corrected chi connectivity index (χ1v) is 8.63. The van der Waals surface area contributed by atoms with Gasteiger partial charge in [-0.2, -0.15) is 0 Å². The predicted octanol–water partition coefficient (Wildman–Crippen LogP) is 3.19. The van der Waals surface area contributed by atoms with E-state index in [1.54, 1.807) is 6.92 Å². The minimum Gasteiger partial charge on any atom is -0.383 e. The van der Waals surface area contributed by atoms with Gasteiger partial charge in [-0.3, -0.25) is 4.79 Å². The van der Waals surface area contributed by atoms with Gasteiger partial charge >= 0.3 is 0 Å². The Morgan fingerprint density at radius 3 is 2.38 bits per heavy atom. The number of para-hydroxylation sites is 1. The van der Waals surface area contributed by atoms with Crippen LogP contribution in [0.25, 0.3) is 0 Å². The molecule has 0 bridgehead atoms. The van der Waals surface area contributed by atoms with Gasteiger partial charge < -0.3 is 16.8 Å². The molecule has 1 heterocycles. The van der Waals surface area contributed by atoms with Crippen LogP contribution in [-0.4, -0.2) is 21.1 Å². The number of nitrogens with two attached hydrogens (primary N) is 2. The van der Waals surface area contributed by atoms with E-state index in [0.717, 1.165) is 16.8 Å².